The molecule has 1 aromatic heterocycles. The van der Waals surface area contributed by atoms with Crippen molar-refractivity contribution in [3.8, 4) is 0 Å². The van der Waals surface area contributed by atoms with Crippen molar-refractivity contribution in [1.29, 1.82) is 0 Å². The van der Waals surface area contributed by atoms with Crippen LogP contribution in [0.4, 0.5) is 5.82 Å². The number of hydrogen-bond donors (Lipinski definition) is 7. The number of nitrogens with one attached hydrogen (secondary N) is 2. The summed E-state index contributed by atoms with van der Waals surface area (Å²) in [5.74, 6) is -4.74. The Morgan fingerprint density at radius 1 is 0.780 bits per heavy atom. The molecule has 0 radical (unpaired) electrons. The minimum atomic E-state index is -1.67. The Labute approximate surface area is 289 Å². The molecule has 0 aliphatic carbocycles. The first-order chi connectivity index (χ1) is 23.7. The van der Waals surface area contributed by atoms with E-state index >= 15 is 0 Å². The second kappa shape index (κ2) is 19.8. The summed E-state index contributed by atoms with van der Waals surface area (Å²) in [5, 5.41) is 52.7. The highest BCUT2D eigenvalue weighted by molar-refractivity contribution is 6.43. The maximum Gasteiger partial charge on any atom is 0.475 e. The molecule has 2 fully saturated rings. The molecule has 1 aromatic rings. The van der Waals surface area contributed by atoms with Gasteiger partial charge in [-0.05, 0) is 31.9 Å². The van der Waals surface area contributed by atoms with Crippen LogP contribution in [0, 0.1) is 0 Å². The third kappa shape index (κ3) is 13.6. The third-order valence-electron chi connectivity index (χ3n) is 8.54. The number of anilines is 1. The molecule has 2 aliphatic heterocycles. The van der Waals surface area contributed by atoms with Crippen molar-refractivity contribution in [2.45, 2.75) is 31.7 Å². The molecule has 0 aromatic carbocycles. The molecule has 2 amide bonds. The molecule has 50 heavy (non-hydrogen) atoms. The van der Waals surface area contributed by atoms with Crippen molar-refractivity contribution in [1.82, 2.24) is 34.8 Å². The van der Waals surface area contributed by atoms with Crippen LogP contribution in [0.25, 0.3) is 0 Å². The summed E-state index contributed by atoms with van der Waals surface area (Å²) in [4.78, 5) is 85.3. The minimum Gasteiger partial charge on any atom is -0.480 e. The standard InChI is InChI=1S/C30H47BN8O11/c1-21(30(48)39-6-2-3-24(39)31(49)50)34-29(47)22-4-5-25(32-15-22)33-16-23(40)17-35-7-9-36(18-26(41)42)11-13-38(20-28(45)46)14-12-37(10-8-35)19-27(43)44/h4-5,15,21,24,49-50H,2-3,6-14,16-20H2,1H3,(H,32,33)(H,34,47)(H,41,42)(H,43,44)(H,45,46)/t21-,24+/m1/s1. The van der Waals surface area contributed by atoms with Gasteiger partial charge in [-0.1, -0.05) is 0 Å². The molecule has 7 N–H and O–H groups in total. The Hall–Kier alpha value is -4.21. The lowest BCUT2D eigenvalue weighted by molar-refractivity contribution is -0.140. The minimum absolute atomic E-state index is 0.0163. The first kappa shape index (κ1) is 40.2. The summed E-state index contributed by atoms with van der Waals surface area (Å²) in [5.41, 5.74) is 0.170. The number of pyridine rings is 1. The largest absolute Gasteiger partial charge is 0.480 e. The van der Waals surface area contributed by atoms with Crippen LogP contribution in [0.1, 0.15) is 30.1 Å². The summed E-state index contributed by atoms with van der Waals surface area (Å²) in [7, 11) is -1.67. The van der Waals surface area contributed by atoms with Crippen LogP contribution >= 0.6 is 0 Å². The number of aliphatic carboxylic acids is 3. The second-order valence-electron chi connectivity index (χ2n) is 12.5. The lowest BCUT2D eigenvalue weighted by Crippen LogP contribution is -2.52. The first-order valence-corrected chi connectivity index (χ1v) is 16.5. The van der Waals surface area contributed by atoms with Gasteiger partial charge in [0.05, 0.1) is 44.2 Å². The Morgan fingerprint density at radius 2 is 1.26 bits per heavy atom. The second-order valence-corrected chi connectivity index (χ2v) is 12.5. The number of carbonyl (C=O) groups excluding carboxylic acids is 3. The normalized spacial score (nSPS) is 19.5. The SMILES string of the molecule is C[C@@H](NC(=O)c1ccc(NCC(=O)CN2CCN(CC(=O)O)CCN(CC(=O)O)CCN(CC(=O)O)CC2)nc1)C(=O)N1CCC[C@H]1B(O)O. The maximum atomic E-state index is 13.0. The fraction of sp³-hybridized carbons (Fsp3) is 0.633. The van der Waals surface area contributed by atoms with Gasteiger partial charge in [0.2, 0.25) is 5.91 Å². The lowest BCUT2D eigenvalue weighted by atomic mass is 9.78. The predicted molar refractivity (Wildman–Crippen MR) is 178 cm³/mol. The molecule has 19 nitrogen and oxygen atoms in total. The van der Waals surface area contributed by atoms with E-state index in [2.05, 4.69) is 15.6 Å². The van der Waals surface area contributed by atoms with E-state index in [1.54, 1.807) is 14.7 Å². The fourth-order valence-electron chi connectivity index (χ4n) is 5.88. The molecular weight excluding hydrogens is 659 g/mol. The Morgan fingerprint density at radius 3 is 1.68 bits per heavy atom. The van der Waals surface area contributed by atoms with E-state index in [0.29, 0.717) is 38.3 Å². The van der Waals surface area contributed by atoms with E-state index in [1.165, 1.54) is 30.2 Å². The zero-order valence-corrected chi connectivity index (χ0v) is 28.1. The van der Waals surface area contributed by atoms with Crippen LogP contribution in [-0.4, -0.2) is 201 Å². The van der Waals surface area contributed by atoms with Gasteiger partial charge in [-0.2, -0.15) is 0 Å². The van der Waals surface area contributed by atoms with Crippen molar-refractivity contribution in [2.75, 3.05) is 96.9 Å². The smallest absolute Gasteiger partial charge is 0.475 e. The molecule has 2 atom stereocenters. The number of ketones is 1. The molecule has 3 rings (SSSR count). The molecule has 276 valence electrons. The van der Waals surface area contributed by atoms with E-state index in [9.17, 15) is 54.1 Å². The van der Waals surface area contributed by atoms with Crippen molar-refractivity contribution in [2.24, 2.45) is 0 Å². The predicted octanol–water partition coefficient (Wildman–Crippen LogP) is -3.34. The number of likely N-dealkylation sites (tertiary alicyclic amines) is 1. The number of amides is 2. The summed E-state index contributed by atoms with van der Waals surface area (Å²) >= 11 is 0. The van der Waals surface area contributed by atoms with Crippen LogP contribution in [0.3, 0.4) is 0 Å². The van der Waals surface area contributed by atoms with E-state index < -0.39 is 48.8 Å². The number of rotatable bonds is 15. The molecule has 2 aliphatic rings. The molecule has 0 unspecified atom stereocenters. The average Bonchev–Trinajstić information content (AvgIpc) is 3.55. The van der Waals surface area contributed by atoms with Crippen molar-refractivity contribution in [3.63, 3.8) is 0 Å². The Balaban J connectivity index is 1.56. The quantitative estimate of drug-likeness (QED) is 0.0880. The van der Waals surface area contributed by atoms with Gasteiger partial charge in [0.15, 0.2) is 5.78 Å². The third-order valence-corrected chi connectivity index (χ3v) is 8.54. The topological polar surface area (TPSA) is 257 Å². The molecule has 3 heterocycles. The van der Waals surface area contributed by atoms with Gasteiger partial charge in [-0.25, -0.2) is 4.98 Å². The van der Waals surface area contributed by atoms with Crippen molar-refractivity contribution in [3.05, 3.63) is 23.9 Å². The van der Waals surface area contributed by atoms with Crippen LogP contribution in [0.15, 0.2) is 18.3 Å². The van der Waals surface area contributed by atoms with Crippen molar-refractivity contribution < 1.29 is 54.1 Å². The van der Waals surface area contributed by atoms with Gasteiger partial charge in [0, 0.05) is 65.1 Å². The van der Waals surface area contributed by atoms with E-state index in [-0.39, 0.29) is 83.3 Å². The van der Waals surface area contributed by atoms with E-state index in [0.717, 1.165) is 0 Å². The first-order valence-electron chi connectivity index (χ1n) is 16.5. The molecule has 2 saturated heterocycles. The zero-order chi connectivity index (χ0) is 36.8. The monoisotopic (exact) mass is 706 g/mol. The Bertz CT molecular complexity index is 1310. The molecule has 20 heteroatoms. The lowest BCUT2D eigenvalue weighted by Gasteiger charge is -2.32. The average molecular weight is 707 g/mol. The van der Waals surface area contributed by atoms with Crippen LogP contribution < -0.4 is 10.6 Å². The van der Waals surface area contributed by atoms with Crippen LogP contribution in [0.5, 0.6) is 0 Å². The molecule has 0 saturated carbocycles. The van der Waals surface area contributed by atoms with Crippen LogP contribution in [0.2, 0.25) is 0 Å². The summed E-state index contributed by atoms with van der Waals surface area (Å²) in [6.07, 6.45) is 2.37. The fourth-order valence-corrected chi connectivity index (χ4v) is 5.88. The van der Waals surface area contributed by atoms with Gasteiger partial charge >= 0.3 is 25.0 Å². The van der Waals surface area contributed by atoms with Gasteiger partial charge in [-0.15, -0.1) is 0 Å². The number of carboxylic acid groups (broad SMARTS) is 3. The number of hydrogen-bond acceptors (Lipinski definition) is 14. The number of carbonyl (C=O) groups is 6. The molecular formula is C30H47BN8O11. The van der Waals surface area contributed by atoms with Gasteiger partial charge in [0.1, 0.15) is 11.9 Å². The molecule has 0 bridgehead atoms. The number of Topliss-reactive ketones (excluding diaryl/α,β-unsaturated/α-hetero) is 1. The van der Waals surface area contributed by atoms with E-state index in [1.807, 2.05) is 4.90 Å². The van der Waals surface area contributed by atoms with Gasteiger partial charge in [0.25, 0.3) is 5.91 Å². The van der Waals surface area contributed by atoms with Gasteiger partial charge in [-0.3, -0.25) is 48.4 Å². The number of carboxylic acids is 3. The van der Waals surface area contributed by atoms with Crippen LogP contribution in [-0.2, 0) is 24.0 Å². The molecule has 0 spiro atoms. The highest BCUT2D eigenvalue weighted by Crippen LogP contribution is 2.19. The van der Waals surface area contributed by atoms with Crippen molar-refractivity contribution >= 4 is 48.4 Å². The number of aromatic nitrogens is 1. The van der Waals surface area contributed by atoms with E-state index in [4.69, 9.17) is 0 Å². The Kier molecular flexibility index (Phi) is 16.0. The summed E-state index contributed by atoms with van der Waals surface area (Å²) in [6, 6.07) is 2.07. The number of nitrogens with zero attached hydrogens (tertiary/aromatic N) is 6. The summed E-state index contributed by atoms with van der Waals surface area (Å²) in [6.45, 7) is 3.19. The highest BCUT2D eigenvalue weighted by atomic mass is 16.4. The zero-order valence-electron chi connectivity index (χ0n) is 28.1. The summed E-state index contributed by atoms with van der Waals surface area (Å²) < 4.78 is 0. The highest BCUT2D eigenvalue weighted by Gasteiger charge is 2.38. The van der Waals surface area contributed by atoms with Gasteiger partial charge < -0.3 is 40.9 Å². The maximum absolute atomic E-state index is 13.0.